The lowest BCUT2D eigenvalue weighted by molar-refractivity contribution is 0.513. The number of hydrogen-bond acceptors (Lipinski definition) is 3. The standard InChI is InChI=1S/C11H19N3O/c1-3-10(12)5-4-6-14-8-9(2)7-13-11(14)15/h7-8,10H,3-6,12H2,1-2H3. The molecular formula is C11H19N3O. The molecular weight excluding hydrogens is 190 g/mol. The average molecular weight is 209 g/mol. The normalized spacial score (nSPS) is 12.7. The zero-order valence-corrected chi connectivity index (χ0v) is 9.44. The summed E-state index contributed by atoms with van der Waals surface area (Å²) in [4.78, 5) is 15.1. The van der Waals surface area contributed by atoms with E-state index in [0.29, 0.717) is 6.54 Å². The van der Waals surface area contributed by atoms with Gasteiger partial charge in [0.1, 0.15) is 0 Å². The maximum atomic E-state index is 11.3. The Morgan fingerprint density at radius 2 is 2.33 bits per heavy atom. The molecule has 0 saturated carbocycles. The van der Waals surface area contributed by atoms with Gasteiger partial charge < -0.3 is 5.73 Å². The van der Waals surface area contributed by atoms with Gasteiger partial charge >= 0.3 is 5.69 Å². The minimum Gasteiger partial charge on any atom is -0.328 e. The van der Waals surface area contributed by atoms with Gasteiger partial charge in [0.15, 0.2) is 0 Å². The summed E-state index contributed by atoms with van der Waals surface area (Å²) >= 11 is 0. The summed E-state index contributed by atoms with van der Waals surface area (Å²) in [6.45, 7) is 4.72. The van der Waals surface area contributed by atoms with Crippen LogP contribution in [-0.2, 0) is 6.54 Å². The Hall–Kier alpha value is -1.16. The van der Waals surface area contributed by atoms with Crippen LogP contribution in [0.15, 0.2) is 17.2 Å². The SMILES string of the molecule is CCC(N)CCCn1cc(C)cnc1=O. The van der Waals surface area contributed by atoms with Crippen LogP contribution in [0.2, 0.25) is 0 Å². The molecule has 0 amide bonds. The molecule has 0 bridgehead atoms. The fourth-order valence-electron chi connectivity index (χ4n) is 1.45. The molecule has 15 heavy (non-hydrogen) atoms. The van der Waals surface area contributed by atoms with E-state index in [4.69, 9.17) is 5.73 Å². The van der Waals surface area contributed by atoms with Crippen molar-refractivity contribution in [1.29, 1.82) is 0 Å². The predicted octanol–water partition coefficient (Wildman–Crippen LogP) is 1.07. The molecule has 0 aromatic carbocycles. The number of nitrogens with zero attached hydrogens (tertiary/aromatic N) is 2. The molecule has 0 spiro atoms. The van der Waals surface area contributed by atoms with Crippen LogP contribution in [-0.4, -0.2) is 15.6 Å². The monoisotopic (exact) mass is 209 g/mol. The molecule has 1 aromatic heterocycles. The molecule has 1 heterocycles. The van der Waals surface area contributed by atoms with Crippen LogP contribution in [0, 0.1) is 6.92 Å². The molecule has 4 nitrogen and oxygen atoms in total. The Morgan fingerprint density at radius 3 is 3.00 bits per heavy atom. The molecule has 2 N–H and O–H groups in total. The predicted molar refractivity (Wildman–Crippen MR) is 60.7 cm³/mol. The highest BCUT2D eigenvalue weighted by atomic mass is 16.1. The maximum Gasteiger partial charge on any atom is 0.347 e. The molecule has 0 aliphatic rings. The minimum atomic E-state index is -0.175. The summed E-state index contributed by atoms with van der Waals surface area (Å²) in [6, 6.07) is 0.249. The molecule has 0 saturated heterocycles. The number of nitrogens with two attached hydrogens (primary N) is 1. The first-order valence-corrected chi connectivity index (χ1v) is 5.42. The molecule has 0 fully saturated rings. The first kappa shape index (κ1) is 11.9. The molecule has 1 rings (SSSR count). The summed E-state index contributed by atoms with van der Waals surface area (Å²) in [5.41, 5.74) is 6.64. The highest BCUT2D eigenvalue weighted by Crippen LogP contribution is 2.00. The number of aryl methyl sites for hydroxylation is 2. The van der Waals surface area contributed by atoms with Gasteiger partial charge in [-0.05, 0) is 31.7 Å². The summed E-state index contributed by atoms with van der Waals surface area (Å²) in [6.07, 6.45) is 6.31. The third kappa shape index (κ3) is 3.83. The fraction of sp³-hybridized carbons (Fsp3) is 0.636. The van der Waals surface area contributed by atoms with Crippen molar-refractivity contribution < 1.29 is 0 Å². The van der Waals surface area contributed by atoms with Crippen LogP contribution in [0.5, 0.6) is 0 Å². The van der Waals surface area contributed by atoms with E-state index in [2.05, 4.69) is 11.9 Å². The fourth-order valence-corrected chi connectivity index (χ4v) is 1.45. The van der Waals surface area contributed by atoms with Crippen molar-refractivity contribution in [2.75, 3.05) is 0 Å². The zero-order chi connectivity index (χ0) is 11.3. The van der Waals surface area contributed by atoms with Crippen molar-refractivity contribution in [2.45, 2.75) is 45.7 Å². The Kier molecular flexibility index (Phi) is 4.49. The van der Waals surface area contributed by atoms with Crippen molar-refractivity contribution >= 4 is 0 Å². The van der Waals surface area contributed by atoms with E-state index in [1.54, 1.807) is 10.8 Å². The molecule has 4 heteroatoms. The van der Waals surface area contributed by atoms with E-state index < -0.39 is 0 Å². The minimum absolute atomic E-state index is 0.175. The third-order valence-electron chi connectivity index (χ3n) is 2.48. The van der Waals surface area contributed by atoms with Crippen LogP contribution in [0.1, 0.15) is 31.7 Å². The highest BCUT2D eigenvalue weighted by molar-refractivity contribution is 4.99. The lowest BCUT2D eigenvalue weighted by atomic mass is 10.1. The van der Waals surface area contributed by atoms with Crippen LogP contribution in [0.3, 0.4) is 0 Å². The first-order valence-electron chi connectivity index (χ1n) is 5.42. The topological polar surface area (TPSA) is 60.9 Å². The Bertz CT molecular complexity index is 359. The smallest absolute Gasteiger partial charge is 0.328 e. The lowest BCUT2D eigenvalue weighted by Gasteiger charge is -2.09. The van der Waals surface area contributed by atoms with Crippen LogP contribution in [0.4, 0.5) is 0 Å². The maximum absolute atomic E-state index is 11.3. The van der Waals surface area contributed by atoms with E-state index in [-0.39, 0.29) is 11.7 Å². The van der Waals surface area contributed by atoms with Crippen molar-refractivity contribution in [3.8, 4) is 0 Å². The van der Waals surface area contributed by atoms with Gasteiger partial charge in [-0.1, -0.05) is 6.92 Å². The van der Waals surface area contributed by atoms with Crippen LogP contribution in [0.25, 0.3) is 0 Å². The lowest BCUT2D eigenvalue weighted by Crippen LogP contribution is -2.24. The van der Waals surface area contributed by atoms with E-state index in [0.717, 1.165) is 24.8 Å². The van der Waals surface area contributed by atoms with Gasteiger partial charge in [-0.25, -0.2) is 9.78 Å². The molecule has 84 valence electrons. The van der Waals surface area contributed by atoms with Gasteiger partial charge in [-0.3, -0.25) is 4.57 Å². The second kappa shape index (κ2) is 5.66. The molecule has 0 radical (unpaired) electrons. The van der Waals surface area contributed by atoms with Gasteiger partial charge in [0.2, 0.25) is 0 Å². The first-order chi connectivity index (χ1) is 7.13. The largest absolute Gasteiger partial charge is 0.347 e. The number of hydrogen-bond donors (Lipinski definition) is 1. The van der Waals surface area contributed by atoms with Gasteiger partial charge in [0.25, 0.3) is 0 Å². The molecule has 0 aliphatic carbocycles. The van der Waals surface area contributed by atoms with E-state index >= 15 is 0 Å². The third-order valence-corrected chi connectivity index (χ3v) is 2.48. The average Bonchev–Trinajstić information content (AvgIpc) is 2.23. The molecule has 1 atom stereocenters. The molecule has 1 aromatic rings. The van der Waals surface area contributed by atoms with Crippen molar-refractivity contribution in [3.63, 3.8) is 0 Å². The van der Waals surface area contributed by atoms with E-state index in [1.807, 2.05) is 13.1 Å². The Labute approximate surface area is 90.1 Å². The van der Waals surface area contributed by atoms with Gasteiger partial charge in [0, 0.05) is 25.0 Å². The van der Waals surface area contributed by atoms with Gasteiger partial charge in [-0.15, -0.1) is 0 Å². The summed E-state index contributed by atoms with van der Waals surface area (Å²) in [5, 5.41) is 0. The van der Waals surface area contributed by atoms with Crippen molar-refractivity contribution in [3.05, 3.63) is 28.4 Å². The zero-order valence-electron chi connectivity index (χ0n) is 9.44. The second-order valence-corrected chi connectivity index (χ2v) is 3.92. The van der Waals surface area contributed by atoms with E-state index in [1.165, 1.54) is 0 Å². The van der Waals surface area contributed by atoms with Crippen LogP contribution < -0.4 is 11.4 Å². The molecule has 0 aliphatic heterocycles. The van der Waals surface area contributed by atoms with Crippen LogP contribution >= 0.6 is 0 Å². The van der Waals surface area contributed by atoms with Gasteiger partial charge in [-0.2, -0.15) is 0 Å². The molecule has 1 unspecified atom stereocenters. The number of rotatable bonds is 5. The van der Waals surface area contributed by atoms with Gasteiger partial charge in [0.05, 0.1) is 0 Å². The van der Waals surface area contributed by atoms with Crippen molar-refractivity contribution in [2.24, 2.45) is 5.73 Å². The Morgan fingerprint density at radius 1 is 1.60 bits per heavy atom. The summed E-state index contributed by atoms with van der Waals surface area (Å²) in [7, 11) is 0. The van der Waals surface area contributed by atoms with E-state index in [9.17, 15) is 4.79 Å². The van der Waals surface area contributed by atoms with Crippen molar-refractivity contribution in [1.82, 2.24) is 9.55 Å². The number of aromatic nitrogens is 2. The Balaban J connectivity index is 2.50. The summed E-state index contributed by atoms with van der Waals surface area (Å²) < 4.78 is 1.65. The second-order valence-electron chi connectivity index (χ2n) is 3.92. The summed E-state index contributed by atoms with van der Waals surface area (Å²) in [5.74, 6) is 0. The highest BCUT2D eigenvalue weighted by Gasteiger charge is 2.01. The quantitative estimate of drug-likeness (QED) is 0.789.